The summed E-state index contributed by atoms with van der Waals surface area (Å²) in [5.74, 6) is -1.19. The Bertz CT molecular complexity index is 425. The number of carboxylic acids is 1. The third-order valence-electron chi connectivity index (χ3n) is 2.81. The smallest absolute Gasteiger partial charge is 0.327 e. The summed E-state index contributed by atoms with van der Waals surface area (Å²) >= 11 is 0. The van der Waals surface area contributed by atoms with Gasteiger partial charge in [0, 0.05) is 25.2 Å². The van der Waals surface area contributed by atoms with Gasteiger partial charge >= 0.3 is 5.97 Å². The van der Waals surface area contributed by atoms with Crippen molar-refractivity contribution < 1.29 is 14.7 Å². The Morgan fingerprint density at radius 2 is 1.94 bits per heavy atom. The van der Waals surface area contributed by atoms with Gasteiger partial charge in [0.05, 0.1) is 0 Å². The van der Waals surface area contributed by atoms with E-state index in [1.807, 2.05) is 6.07 Å². The van der Waals surface area contributed by atoms with Crippen LogP contribution in [0.1, 0.15) is 10.4 Å². The van der Waals surface area contributed by atoms with E-state index in [1.54, 1.807) is 24.3 Å². The van der Waals surface area contributed by atoms with Crippen molar-refractivity contribution in [3.05, 3.63) is 35.9 Å². The fourth-order valence-corrected chi connectivity index (χ4v) is 1.91. The van der Waals surface area contributed by atoms with Crippen LogP contribution in [0.3, 0.4) is 0 Å². The Balaban J connectivity index is 0.00000162. The molecule has 2 N–H and O–H groups in total. The molecule has 1 aliphatic rings. The third kappa shape index (κ3) is 3.00. The summed E-state index contributed by atoms with van der Waals surface area (Å²) in [6, 6.07) is 7.98. The number of amides is 1. The molecule has 0 aromatic heterocycles. The molecular weight excluding hydrogens is 256 g/mol. The number of carbonyl (C=O) groups is 2. The number of carboxylic acid groups (broad SMARTS) is 1. The third-order valence-corrected chi connectivity index (χ3v) is 2.81. The van der Waals surface area contributed by atoms with Gasteiger partial charge < -0.3 is 15.3 Å². The molecule has 0 saturated carbocycles. The van der Waals surface area contributed by atoms with Crippen molar-refractivity contribution in [1.82, 2.24) is 10.2 Å². The molecule has 18 heavy (non-hydrogen) atoms. The largest absolute Gasteiger partial charge is 0.480 e. The second-order valence-electron chi connectivity index (χ2n) is 3.92. The molecule has 1 atom stereocenters. The van der Waals surface area contributed by atoms with Gasteiger partial charge in [0.2, 0.25) is 0 Å². The van der Waals surface area contributed by atoms with Gasteiger partial charge in [-0.05, 0) is 12.1 Å². The van der Waals surface area contributed by atoms with E-state index in [2.05, 4.69) is 5.32 Å². The van der Waals surface area contributed by atoms with Crippen molar-refractivity contribution in [3.8, 4) is 0 Å². The summed E-state index contributed by atoms with van der Waals surface area (Å²) in [4.78, 5) is 24.6. The monoisotopic (exact) mass is 270 g/mol. The van der Waals surface area contributed by atoms with Crippen molar-refractivity contribution in [2.24, 2.45) is 0 Å². The lowest BCUT2D eigenvalue weighted by Crippen LogP contribution is -2.56. The molecule has 1 amide bonds. The second-order valence-corrected chi connectivity index (χ2v) is 3.92. The summed E-state index contributed by atoms with van der Waals surface area (Å²) < 4.78 is 0. The van der Waals surface area contributed by atoms with Gasteiger partial charge in [0.1, 0.15) is 6.04 Å². The van der Waals surface area contributed by atoms with Crippen LogP contribution in [0.25, 0.3) is 0 Å². The maximum absolute atomic E-state index is 12.1. The van der Waals surface area contributed by atoms with E-state index in [-0.39, 0.29) is 18.3 Å². The summed E-state index contributed by atoms with van der Waals surface area (Å²) in [7, 11) is 0. The molecule has 1 aromatic carbocycles. The van der Waals surface area contributed by atoms with Gasteiger partial charge in [-0.25, -0.2) is 4.79 Å². The lowest BCUT2D eigenvalue weighted by molar-refractivity contribution is -0.142. The molecule has 5 nitrogen and oxygen atoms in total. The van der Waals surface area contributed by atoms with Crippen LogP contribution in [-0.4, -0.2) is 47.6 Å². The number of hydrogen-bond donors (Lipinski definition) is 2. The highest BCUT2D eigenvalue weighted by molar-refractivity contribution is 5.96. The summed E-state index contributed by atoms with van der Waals surface area (Å²) in [6.07, 6.45) is 0. The second kappa shape index (κ2) is 6.37. The van der Waals surface area contributed by atoms with Crippen molar-refractivity contribution in [3.63, 3.8) is 0 Å². The first-order valence-corrected chi connectivity index (χ1v) is 5.49. The quantitative estimate of drug-likeness (QED) is 0.826. The maximum Gasteiger partial charge on any atom is 0.327 e. The molecule has 1 aromatic rings. The molecule has 98 valence electrons. The number of nitrogens with one attached hydrogen (secondary N) is 1. The predicted molar refractivity (Wildman–Crippen MR) is 69.0 cm³/mol. The summed E-state index contributed by atoms with van der Waals surface area (Å²) in [5, 5.41) is 12.0. The van der Waals surface area contributed by atoms with Crippen molar-refractivity contribution >= 4 is 24.3 Å². The first-order valence-electron chi connectivity index (χ1n) is 5.49. The normalized spacial score (nSPS) is 18.9. The van der Waals surface area contributed by atoms with Crippen LogP contribution >= 0.6 is 12.4 Å². The fourth-order valence-electron chi connectivity index (χ4n) is 1.91. The number of rotatable bonds is 2. The molecule has 1 unspecified atom stereocenters. The lowest BCUT2D eigenvalue weighted by Gasteiger charge is -2.33. The first kappa shape index (κ1) is 14.5. The van der Waals surface area contributed by atoms with Crippen molar-refractivity contribution in [2.45, 2.75) is 6.04 Å². The number of hydrogen-bond acceptors (Lipinski definition) is 3. The molecule has 0 bridgehead atoms. The Kier molecular flexibility index (Phi) is 5.12. The standard InChI is InChI=1S/C12H14N2O3.ClH/c15-11(9-4-2-1-3-5-9)14-7-6-13-8-10(14)12(16)17;/h1-5,10,13H,6-8H2,(H,16,17);1H. The number of benzene rings is 1. The van der Waals surface area contributed by atoms with Crippen molar-refractivity contribution in [2.75, 3.05) is 19.6 Å². The molecule has 2 rings (SSSR count). The van der Waals surface area contributed by atoms with Crippen LogP contribution in [0, 0.1) is 0 Å². The number of piperazine rings is 1. The zero-order valence-electron chi connectivity index (χ0n) is 9.70. The first-order chi connectivity index (χ1) is 8.20. The molecule has 0 aliphatic carbocycles. The Morgan fingerprint density at radius 3 is 2.56 bits per heavy atom. The van der Waals surface area contributed by atoms with Crippen LogP contribution in [0.5, 0.6) is 0 Å². The molecule has 1 aliphatic heterocycles. The van der Waals surface area contributed by atoms with Gasteiger partial charge in [-0.3, -0.25) is 4.79 Å². The van der Waals surface area contributed by atoms with E-state index in [1.165, 1.54) is 4.90 Å². The summed E-state index contributed by atoms with van der Waals surface area (Å²) in [6.45, 7) is 1.35. The average molecular weight is 271 g/mol. The number of halogens is 1. The number of carbonyl (C=O) groups excluding carboxylic acids is 1. The van der Waals surface area contributed by atoms with Crippen molar-refractivity contribution in [1.29, 1.82) is 0 Å². The summed E-state index contributed by atoms with van der Waals surface area (Å²) in [5.41, 5.74) is 0.528. The Hall–Kier alpha value is -1.59. The fraction of sp³-hybridized carbons (Fsp3) is 0.333. The van der Waals surface area contributed by atoms with Gasteiger partial charge in [-0.15, -0.1) is 12.4 Å². The molecule has 0 spiro atoms. The highest BCUT2D eigenvalue weighted by atomic mass is 35.5. The zero-order chi connectivity index (χ0) is 12.3. The van der Waals surface area contributed by atoms with Gasteiger partial charge in [0.25, 0.3) is 5.91 Å². The van der Waals surface area contributed by atoms with Crippen LogP contribution in [0.2, 0.25) is 0 Å². The lowest BCUT2D eigenvalue weighted by atomic mass is 10.1. The molecule has 1 heterocycles. The van der Waals surface area contributed by atoms with E-state index in [9.17, 15) is 9.59 Å². The Labute approximate surface area is 111 Å². The number of nitrogens with zero attached hydrogens (tertiary/aromatic N) is 1. The molecule has 0 radical (unpaired) electrons. The minimum atomic E-state index is -0.971. The van der Waals surface area contributed by atoms with Crippen LogP contribution in [0.15, 0.2) is 30.3 Å². The van der Waals surface area contributed by atoms with E-state index in [4.69, 9.17) is 5.11 Å². The SMILES string of the molecule is Cl.O=C(O)C1CNCCN1C(=O)c1ccccc1. The number of aliphatic carboxylic acids is 1. The highest BCUT2D eigenvalue weighted by Crippen LogP contribution is 2.10. The van der Waals surface area contributed by atoms with Gasteiger partial charge in [-0.2, -0.15) is 0 Å². The Morgan fingerprint density at radius 1 is 1.28 bits per heavy atom. The highest BCUT2D eigenvalue weighted by Gasteiger charge is 2.32. The average Bonchev–Trinajstić information content (AvgIpc) is 2.39. The molecule has 1 saturated heterocycles. The van der Waals surface area contributed by atoms with Crippen LogP contribution < -0.4 is 5.32 Å². The van der Waals surface area contributed by atoms with Gasteiger partial charge in [0.15, 0.2) is 0 Å². The zero-order valence-corrected chi connectivity index (χ0v) is 10.5. The molecule has 6 heteroatoms. The predicted octanol–water partition coefficient (Wildman–Crippen LogP) is 0.607. The maximum atomic E-state index is 12.1. The van der Waals surface area contributed by atoms with Crippen LogP contribution in [0.4, 0.5) is 0 Å². The minimum Gasteiger partial charge on any atom is -0.480 e. The van der Waals surface area contributed by atoms with Gasteiger partial charge in [-0.1, -0.05) is 18.2 Å². The van der Waals surface area contributed by atoms with E-state index in [0.29, 0.717) is 25.2 Å². The van der Waals surface area contributed by atoms with E-state index < -0.39 is 12.0 Å². The minimum absolute atomic E-state index is 0. The molecular formula is C12H15ClN2O3. The van der Waals surface area contributed by atoms with E-state index >= 15 is 0 Å². The molecule has 1 fully saturated rings. The topological polar surface area (TPSA) is 69.6 Å². The van der Waals surface area contributed by atoms with E-state index in [0.717, 1.165) is 0 Å². The van der Waals surface area contributed by atoms with Crippen LogP contribution in [-0.2, 0) is 4.79 Å².